The lowest BCUT2D eigenvalue weighted by Gasteiger charge is -2.23. The maximum atomic E-state index is 12.4. The van der Waals surface area contributed by atoms with Gasteiger partial charge in [0.05, 0.1) is 0 Å². The molecule has 302 valence electrons. The number of rotatable bonds is 36. The molecule has 0 aliphatic heterocycles. The minimum Gasteiger partial charge on any atom is -0.329 e. The zero-order chi connectivity index (χ0) is 37.9. The number of hydrogen-bond donors (Lipinski definition) is 0. The highest BCUT2D eigenvalue weighted by Gasteiger charge is 2.25. The largest absolute Gasteiger partial charge is 0.452 e. The average Bonchev–Trinajstić information content (AvgIpc) is 3.46. The first-order valence-corrected chi connectivity index (χ1v) is 24.9. The highest BCUT2D eigenvalue weighted by molar-refractivity contribution is 8.01. The van der Waals surface area contributed by atoms with Gasteiger partial charge in [-0.15, -0.1) is 23.5 Å². The maximum Gasteiger partial charge on any atom is 0.452 e. The molecule has 0 aliphatic rings. The van der Waals surface area contributed by atoms with Crippen LogP contribution >= 0.6 is 34.9 Å². The molecule has 15 heteroatoms. The van der Waals surface area contributed by atoms with Crippen LogP contribution in [0.4, 0.5) is 0 Å². The van der Waals surface area contributed by atoms with E-state index in [1.54, 1.807) is 0 Å². The zero-order valence-electron chi connectivity index (χ0n) is 32.6. The topological polar surface area (TPSA) is 131 Å². The summed E-state index contributed by atoms with van der Waals surface area (Å²) in [4.78, 5) is 0. The van der Waals surface area contributed by atoms with Gasteiger partial charge in [0.1, 0.15) is 11.9 Å². The van der Waals surface area contributed by atoms with Crippen LogP contribution in [0, 0.1) is 0 Å². The summed E-state index contributed by atoms with van der Waals surface area (Å²) < 4.78 is 68.9. The summed E-state index contributed by atoms with van der Waals surface area (Å²) >= 11 is 3.30. The second-order valence-corrected chi connectivity index (χ2v) is 21.3. The lowest BCUT2D eigenvalue weighted by molar-refractivity contribution is 0.313. The molecular weight excluding hydrogens is 749 g/mol. The molecule has 10 nitrogen and oxygen atoms in total. The molecule has 0 atom stereocenters. The Balaban J connectivity index is 2.24. The van der Waals surface area contributed by atoms with Crippen LogP contribution in [0.2, 0.25) is 0 Å². The zero-order valence-corrected chi connectivity index (χ0v) is 36.7. The van der Waals surface area contributed by atoms with Crippen molar-refractivity contribution in [2.75, 3.05) is 11.9 Å². The molecule has 0 amide bonds. The Labute approximate surface area is 325 Å². The van der Waals surface area contributed by atoms with Gasteiger partial charge < -0.3 is 8.37 Å². The van der Waals surface area contributed by atoms with Gasteiger partial charge in [0.25, 0.3) is 0 Å². The minimum absolute atomic E-state index is 0.120. The van der Waals surface area contributed by atoms with Crippen LogP contribution in [0.3, 0.4) is 0 Å². The third kappa shape index (κ3) is 28.7. The number of aromatic nitrogens is 2. The highest BCUT2D eigenvalue weighted by Crippen LogP contribution is 2.33. The van der Waals surface area contributed by atoms with Gasteiger partial charge in [-0.3, -0.25) is 0 Å². The first kappa shape index (κ1) is 48.7. The molecule has 1 heterocycles. The Morgan fingerprint density at radius 3 is 1.06 bits per heavy atom. The monoisotopic (exact) mass is 818 g/mol. The molecule has 0 aromatic carbocycles. The molecule has 51 heavy (non-hydrogen) atoms. The molecule has 0 saturated carbocycles. The van der Waals surface area contributed by atoms with E-state index in [4.69, 9.17) is 16.7 Å². The van der Waals surface area contributed by atoms with Gasteiger partial charge in [0.2, 0.25) is 0 Å². The molecule has 0 bridgehead atoms. The molecule has 0 radical (unpaired) electrons. The standard InChI is InChI=1S/C36H70N2O8S5/c1-7-9-11-13-15-17-19-21-23-25-27-29-35(3,4)47-31-43-50(39,40)45-33-37-38-34(49-33)46-51(41,42)44-32-48-36(5,6)30-28-26-24-22-20-18-16-14-12-10-8-2/h7-32H2,1-6H3. The van der Waals surface area contributed by atoms with E-state index in [9.17, 15) is 16.8 Å². The fourth-order valence-corrected chi connectivity index (χ4v) is 9.69. The van der Waals surface area contributed by atoms with Gasteiger partial charge in [-0.1, -0.05) is 193 Å². The Morgan fingerprint density at radius 1 is 0.490 bits per heavy atom. The Morgan fingerprint density at radius 2 is 0.765 bits per heavy atom. The summed E-state index contributed by atoms with van der Waals surface area (Å²) in [5, 5.41) is 6.28. The lowest BCUT2D eigenvalue weighted by Crippen LogP contribution is -2.19. The molecule has 0 N–H and O–H groups in total. The highest BCUT2D eigenvalue weighted by atomic mass is 32.3. The van der Waals surface area contributed by atoms with Gasteiger partial charge in [0.15, 0.2) is 0 Å². The van der Waals surface area contributed by atoms with Crippen LogP contribution in [-0.2, 0) is 29.2 Å². The fraction of sp³-hybridized carbons (Fsp3) is 0.944. The van der Waals surface area contributed by atoms with Crippen LogP contribution in [0.1, 0.15) is 196 Å². The third-order valence-electron chi connectivity index (χ3n) is 8.78. The van der Waals surface area contributed by atoms with Gasteiger partial charge in [-0.05, 0) is 24.2 Å². The molecule has 0 saturated heterocycles. The van der Waals surface area contributed by atoms with Crippen molar-refractivity contribution in [3.63, 3.8) is 0 Å². The van der Waals surface area contributed by atoms with E-state index in [-0.39, 0.29) is 21.4 Å². The van der Waals surface area contributed by atoms with E-state index in [1.165, 1.54) is 152 Å². The summed E-state index contributed by atoms with van der Waals surface area (Å²) in [5.74, 6) is -0.240. The SMILES string of the molecule is CCCCCCCCCCCCCC(C)(C)SCOS(=O)(=O)Oc1nnc(OS(=O)(=O)OCSC(C)(C)CCCCCCCCCCCCC)s1. The molecule has 0 fully saturated rings. The van der Waals surface area contributed by atoms with Crippen LogP contribution in [0.15, 0.2) is 0 Å². The first-order chi connectivity index (χ1) is 24.2. The van der Waals surface area contributed by atoms with Crippen molar-refractivity contribution in [2.24, 2.45) is 0 Å². The number of hydrogen-bond acceptors (Lipinski definition) is 13. The lowest BCUT2D eigenvalue weighted by atomic mass is 10.0. The van der Waals surface area contributed by atoms with Crippen molar-refractivity contribution in [2.45, 2.75) is 205 Å². The fourth-order valence-electron chi connectivity index (χ4n) is 5.55. The molecule has 1 aromatic heterocycles. The molecule has 0 unspecified atom stereocenters. The van der Waals surface area contributed by atoms with Gasteiger partial charge in [-0.2, -0.15) is 16.8 Å². The van der Waals surface area contributed by atoms with Crippen molar-refractivity contribution >= 4 is 55.7 Å². The summed E-state index contributed by atoms with van der Waals surface area (Å²) in [6.45, 7) is 12.8. The predicted molar refractivity (Wildman–Crippen MR) is 216 cm³/mol. The smallest absolute Gasteiger partial charge is 0.329 e. The third-order valence-corrected chi connectivity index (χ3v) is 14.0. The molecular formula is C36H70N2O8S5. The van der Waals surface area contributed by atoms with Crippen molar-refractivity contribution in [1.29, 1.82) is 0 Å². The summed E-state index contributed by atoms with van der Waals surface area (Å²) in [5.41, 5.74) is 0. The predicted octanol–water partition coefficient (Wildman–Crippen LogP) is 12.2. The quantitative estimate of drug-likeness (QED) is 0.0471. The van der Waals surface area contributed by atoms with Crippen molar-refractivity contribution in [3.8, 4) is 10.4 Å². The molecule has 1 rings (SSSR count). The first-order valence-electron chi connectivity index (χ1n) is 19.5. The minimum atomic E-state index is -4.44. The summed E-state index contributed by atoms with van der Waals surface area (Å²) in [6.07, 6.45) is 30.0. The van der Waals surface area contributed by atoms with Crippen LogP contribution < -0.4 is 8.37 Å². The van der Waals surface area contributed by atoms with E-state index in [0.29, 0.717) is 11.3 Å². The van der Waals surface area contributed by atoms with Gasteiger partial charge in [-0.25, -0.2) is 8.37 Å². The van der Waals surface area contributed by atoms with Gasteiger partial charge >= 0.3 is 31.2 Å². The molecule has 1 aromatic rings. The Hall–Kier alpha value is -0.320. The number of thioether (sulfide) groups is 2. The maximum absolute atomic E-state index is 12.4. The summed E-state index contributed by atoms with van der Waals surface area (Å²) in [7, 11) is -8.87. The second kappa shape index (κ2) is 28.1. The van der Waals surface area contributed by atoms with E-state index in [1.807, 2.05) is 0 Å². The van der Waals surface area contributed by atoms with Crippen LogP contribution in [0.5, 0.6) is 10.4 Å². The van der Waals surface area contributed by atoms with Crippen LogP contribution in [-0.4, -0.2) is 48.4 Å². The normalized spacial score (nSPS) is 12.8. The molecule has 0 spiro atoms. The average molecular weight is 819 g/mol. The molecule has 0 aliphatic carbocycles. The van der Waals surface area contributed by atoms with Gasteiger partial charge in [0, 0.05) is 9.49 Å². The second-order valence-electron chi connectivity index (χ2n) is 14.7. The van der Waals surface area contributed by atoms with Crippen LogP contribution in [0.25, 0.3) is 0 Å². The van der Waals surface area contributed by atoms with Crippen molar-refractivity contribution < 1.29 is 33.6 Å². The van der Waals surface area contributed by atoms with E-state index < -0.39 is 31.2 Å². The van der Waals surface area contributed by atoms with Crippen molar-refractivity contribution in [3.05, 3.63) is 0 Å². The van der Waals surface area contributed by atoms with E-state index >= 15 is 0 Å². The Kier molecular flexibility index (Phi) is 26.9. The number of nitrogens with zero attached hydrogens (tertiary/aromatic N) is 2. The number of unbranched alkanes of at least 4 members (excludes halogenated alkanes) is 20. The van der Waals surface area contributed by atoms with E-state index in [0.717, 1.165) is 25.7 Å². The Bertz CT molecular complexity index is 1120. The van der Waals surface area contributed by atoms with Crippen molar-refractivity contribution in [1.82, 2.24) is 10.2 Å². The van der Waals surface area contributed by atoms with E-state index in [2.05, 4.69) is 51.7 Å². The summed E-state index contributed by atoms with van der Waals surface area (Å²) in [6, 6.07) is 0.